The van der Waals surface area contributed by atoms with Crippen molar-refractivity contribution in [2.75, 3.05) is 0 Å². The zero-order chi connectivity index (χ0) is 11.6. The molecule has 0 aliphatic carbocycles. The van der Waals surface area contributed by atoms with Crippen molar-refractivity contribution >= 4 is 21.9 Å². The third-order valence-electron chi connectivity index (χ3n) is 1.93. The number of carboxylic acids is 1. The average Bonchev–Trinajstić information content (AvgIpc) is 2.16. The van der Waals surface area contributed by atoms with Gasteiger partial charge >= 0.3 is 5.97 Å². The average molecular weight is 280 g/mol. The van der Waals surface area contributed by atoms with Gasteiger partial charge in [-0.25, -0.2) is 18.6 Å². The summed E-state index contributed by atoms with van der Waals surface area (Å²) >= 11 is 3.10. The maximum absolute atomic E-state index is 12.4. The molecule has 6 heteroatoms. The summed E-state index contributed by atoms with van der Waals surface area (Å²) in [4.78, 5) is 14.2. The van der Waals surface area contributed by atoms with Crippen molar-refractivity contribution in [2.45, 2.75) is 18.7 Å². The topological polar surface area (TPSA) is 50.2 Å². The predicted molar refractivity (Wildman–Crippen MR) is 53.5 cm³/mol. The van der Waals surface area contributed by atoms with Gasteiger partial charge in [0.25, 0.3) is 6.43 Å². The number of aromatic nitrogens is 1. The Morgan fingerprint density at radius 3 is 2.67 bits per heavy atom. The molecule has 0 bridgehead atoms. The number of hydrogen-bond acceptors (Lipinski definition) is 2. The Labute approximate surface area is 93.3 Å². The van der Waals surface area contributed by atoms with Gasteiger partial charge in [0.2, 0.25) is 0 Å². The van der Waals surface area contributed by atoms with Gasteiger partial charge in [-0.15, -0.1) is 0 Å². The number of aryl methyl sites for hydroxylation is 1. The van der Waals surface area contributed by atoms with E-state index in [-0.39, 0.29) is 11.0 Å². The van der Waals surface area contributed by atoms with Crippen molar-refractivity contribution in [1.82, 2.24) is 4.98 Å². The molecule has 15 heavy (non-hydrogen) atoms. The molecule has 1 rings (SSSR count). The van der Waals surface area contributed by atoms with Crippen LogP contribution in [-0.2, 0) is 5.33 Å². The van der Waals surface area contributed by atoms with E-state index in [0.29, 0.717) is 11.1 Å². The summed E-state index contributed by atoms with van der Waals surface area (Å²) in [6.45, 7) is 1.58. The molecule has 0 fully saturated rings. The summed E-state index contributed by atoms with van der Waals surface area (Å²) in [6, 6.07) is 1.20. The molecule has 1 N–H and O–H groups in total. The van der Waals surface area contributed by atoms with Crippen LogP contribution >= 0.6 is 15.9 Å². The fourth-order valence-corrected chi connectivity index (χ4v) is 1.89. The van der Waals surface area contributed by atoms with Crippen molar-refractivity contribution in [3.05, 3.63) is 28.6 Å². The van der Waals surface area contributed by atoms with E-state index in [1.54, 1.807) is 6.92 Å². The number of rotatable bonds is 3. The number of carboxylic acid groups (broad SMARTS) is 1. The molecule has 0 spiro atoms. The maximum atomic E-state index is 12.4. The number of alkyl halides is 3. The van der Waals surface area contributed by atoms with Crippen molar-refractivity contribution in [3.63, 3.8) is 0 Å². The summed E-state index contributed by atoms with van der Waals surface area (Å²) < 4.78 is 24.7. The van der Waals surface area contributed by atoms with Crippen LogP contribution in [0.5, 0.6) is 0 Å². The Bertz CT molecular complexity index is 396. The van der Waals surface area contributed by atoms with Gasteiger partial charge in [0.1, 0.15) is 5.69 Å². The van der Waals surface area contributed by atoms with Gasteiger partial charge in [0.15, 0.2) is 5.69 Å². The van der Waals surface area contributed by atoms with E-state index in [4.69, 9.17) is 5.11 Å². The van der Waals surface area contributed by atoms with Crippen molar-refractivity contribution < 1.29 is 18.7 Å². The molecule has 0 radical (unpaired) electrons. The van der Waals surface area contributed by atoms with E-state index in [2.05, 4.69) is 20.9 Å². The largest absolute Gasteiger partial charge is 0.477 e. The summed E-state index contributed by atoms with van der Waals surface area (Å²) in [5.74, 6) is -1.30. The first-order valence-corrected chi connectivity index (χ1v) is 5.17. The van der Waals surface area contributed by atoms with Crippen molar-refractivity contribution in [3.8, 4) is 0 Å². The molecule has 1 aromatic rings. The Morgan fingerprint density at radius 2 is 2.27 bits per heavy atom. The number of carbonyl (C=O) groups is 1. The second kappa shape index (κ2) is 4.65. The van der Waals surface area contributed by atoms with Crippen LogP contribution in [0.4, 0.5) is 8.78 Å². The predicted octanol–water partition coefficient (Wildman–Crippen LogP) is 2.92. The summed E-state index contributed by atoms with van der Waals surface area (Å²) in [5, 5.41) is 9.07. The standard InChI is InChI=1S/C9H8BrF2NO2/c1-4-2-6(8(11)12)13-7(9(14)15)5(4)3-10/h2,8H,3H2,1H3,(H,14,15). The molecule has 0 saturated carbocycles. The van der Waals surface area contributed by atoms with E-state index in [1.165, 1.54) is 6.07 Å². The molecule has 0 unspecified atom stereocenters. The molecule has 3 nitrogen and oxygen atoms in total. The van der Waals surface area contributed by atoms with Gasteiger partial charge in [-0.3, -0.25) is 0 Å². The maximum Gasteiger partial charge on any atom is 0.354 e. The first kappa shape index (κ1) is 12.0. The number of halogens is 3. The quantitative estimate of drug-likeness (QED) is 0.866. The third kappa shape index (κ3) is 2.50. The Morgan fingerprint density at radius 1 is 1.67 bits per heavy atom. The lowest BCUT2D eigenvalue weighted by atomic mass is 10.1. The first-order valence-electron chi connectivity index (χ1n) is 4.05. The minimum absolute atomic E-state index is 0.275. The fourth-order valence-electron chi connectivity index (χ4n) is 1.18. The Kier molecular flexibility index (Phi) is 3.73. The van der Waals surface area contributed by atoms with Gasteiger partial charge in [-0.05, 0) is 24.1 Å². The van der Waals surface area contributed by atoms with Crippen LogP contribution in [-0.4, -0.2) is 16.1 Å². The van der Waals surface area contributed by atoms with Crippen molar-refractivity contribution in [2.24, 2.45) is 0 Å². The van der Waals surface area contributed by atoms with Gasteiger partial charge in [-0.2, -0.15) is 0 Å². The number of aromatic carboxylic acids is 1. The lowest BCUT2D eigenvalue weighted by Gasteiger charge is -2.08. The van der Waals surface area contributed by atoms with Gasteiger partial charge in [0, 0.05) is 5.33 Å². The fraction of sp³-hybridized carbons (Fsp3) is 0.333. The second-order valence-corrected chi connectivity index (χ2v) is 3.49. The number of pyridine rings is 1. The van der Waals surface area contributed by atoms with Crippen LogP contribution in [0.1, 0.15) is 33.7 Å². The summed E-state index contributed by atoms with van der Waals surface area (Å²) in [5.41, 5.74) is 0.0956. The molecule has 0 aliphatic heterocycles. The zero-order valence-electron chi connectivity index (χ0n) is 7.80. The van der Waals surface area contributed by atoms with E-state index in [1.807, 2.05) is 0 Å². The summed E-state index contributed by atoms with van der Waals surface area (Å²) in [7, 11) is 0. The van der Waals surface area contributed by atoms with Crippen LogP contribution in [0.25, 0.3) is 0 Å². The lowest BCUT2D eigenvalue weighted by Crippen LogP contribution is -2.09. The van der Waals surface area contributed by atoms with Gasteiger partial charge in [0.05, 0.1) is 0 Å². The highest BCUT2D eigenvalue weighted by molar-refractivity contribution is 9.08. The van der Waals surface area contributed by atoms with Crippen LogP contribution in [0.2, 0.25) is 0 Å². The molecule has 0 amide bonds. The highest BCUT2D eigenvalue weighted by atomic mass is 79.9. The van der Waals surface area contributed by atoms with E-state index >= 15 is 0 Å². The molecule has 1 heterocycles. The Hall–Kier alpha value is -1.04. The first-order chi connectivity index (χ1) is 6.97. The van der Waals surface area contributed by atoms with Crippen LogP contribution in [0, 0.1) is 6.92 Å². The Balaban J connectivity index is 3.38. The smallest absolute Gasteiger partial charge is 0.354 e. The normalized spacial score (nSPS) is 10.7. The highest BCUT2D eigenvalue weighted by Gasteiger charge is 2.18. The molecule has 0 aromatic carbocycles. The number of hydrogen-bond donors (Lipinski definition) is 1. The van der Waals surface area contributed by atoms with Crippen LogP contribution in [0.15, 0.2) is 6.07 Å². The van der Waals surface area contributed by atoms with Gasteiger partial charge < -0.3 is 5.11 Å². The zero-order valence-corrected chi connectivity index (χ0v) is 9.38. The van der Waals surface area contributed by atoms with Gasteiger partial charge in [-0.1, -0.05) is 15.9 Å². The molecule has 0 saturated heterocycles. The van der Waals surface area contributed by atoms with E-state index < -0.39 is 18.1 Å². The van der Waals surface area contributed by atoms with Crippen LogP contribution in [0.3, 0.4) is 0 Å². The lowest BCUT2D eigenvalue weighted by molar-refractivity contribution is 0.0687. The molecule has 1 aromatic heterocycles. The number of nitrogens with zero attached hydrogens (tertiary/aromatic N) is 1. The minimum atomic E-state index is -2.76. The van der Waals surface area contributed by atoms with E-state index in [0.717, 1.165) is 0 Å². The van der Waals surface area contributed by atoms with E-state index in [9.17, 15) is 13.6 Å². The molecule has 82 valence electrons. The van der Waals surface area contributed by atoms with Crippen LogP contribution < -0.4 is 0 Å². The molecular weight excluding hydrogens is 272 g/mol. The second-order valence-electron chi connectivity index (χ2n) is 2.93. The minimum Gasteiger partial charge on any atom is -0.477 e. The van der Waals surface area contributed by atoms with Crippen molar-refractivity contribution in [1.29, 1.82) is 0 Å². The molecule has 0 aliphatic rings. The molecular formula is C9H8BrF2NO2. The SMILES string of the molecule is Cc1cc(C(F)F)nc(C(=O)O)c1CBr. The highest BCUT2D eigenvalue weighted by Crippen LogP contribution is 2.23. The third-order valence-corrected chi connectivity index (χ3v) is 2.49. The summed E-state index contributed by atoms with van der Waals surface area (Å²) in [6.07, 6.45) is -2.76. The molecule has 0 atom stereocenters. The monoisotopic (exact) mass is 279 g/mol.